The number of nitrogens with one attached hydrogen (secondary N) is 1. The number of fused-ring (bicyclic) bond motifs is 1. The Morgan fingerprint density at radius 2 is 2.33 bits per heavy atom. The predicted octanol–water partition coefficient (Wildman–Crippen LogP) is 2.67. The van der Waals surface area contributed by atoms with Gasteiger partial charge in [-0.15, -0.1) is 0 Å². The maximum atomic E-state index is 13.9. The van der Waals surface area contributed by atoms with Crippen molar-refractivity contribution in [3.05, 3.63) is 29.6 Å². The van der Waals surface area contributed by atoms with Gasteiger partial charge in [0.05, 0.1) is 18.2 Å². The van der Waals surface area contributed by atoms with Crippen LogP contribution in [0.4, 0.5) is 4.39 Å². The van der Waals surface area contributed by atoms with E-state index in [1.807, 2.05) is 6.92 Å². The van der Waals surface area contributed by atoms with Gasteiger partial charge < -0.3 is 15.8 Å². The molecule has 0 aliphatic carbocycles. The average Bonchev–Trinajstić information content (AvgIpc) is 2.63. The van der Waals surface area contributed by atoms with Crippen molar-refractivity contribution >= 4 is 5.91 Å². The smallest absolute Gasteiger partial charge is 0.240 e. The number of para-hydroxylation sites is 1. The summed E-state index contributed by atoms with van der Waals surface area (Å²) in [6.45, 7) is 4.17. The summed E-state index contributed by atoms with van der Waals surface area (Å²) in [5, 5.41) is 2.96. The van der Waals surface area contributed by atoms with Crippen molar-refractivity contribution in [2.45, 2.75) is 51.1 Å². The predicted molar refractivity (Wildman–Crippen MR) is 79.5 cm³/mol. The molecule has 1 aromatic rings. The molecule has 1 aliphatic heterocycles. The molecule has 0 radical (unpaired) electrons. The molecule has 21 heavy (non-hydrogen) atoms. The summed E-state index contributed by atoms with van der Waals surface area (Å²) >= 11 is 0. The van der Waals surface area contributed by atoms with Gasteiger partial charge in [-0.05, 0) is 32.3 Å². The topological polar surface area (TPSA) is 64.4 Å². The second-order valence-corrected chi connectivity index (χ2v) is 5.84. The van der Waals surface area contributed by atoms with E-state index in [-0.39, 0.29) is 17.7 Å². The lowest BCUT2D eigenvalue weighted by molar-refractivity contribution is -0.126. The maximum Gasteiger partial charge on any atom is 0.240 e. The molecule has 0 saturated heterocycles. The first-order valence-corrected chi connectivity index (χ1v) is 7.46. The van der Waals surface area contributed by atoms with E-state index < -0.39 is 11.4 Å². The molecule has 1 heterocycles. The molecule has 4 nitrogen and oxygen atoms in total. The molecule has 1 amide bonds. The van der Waals surface area contributed by atoms with E-state index >= 15 is 0 Å². The van der Waals surface area contributed by atoms with Crippen LogP contribution in [0, 0.1) is 5.82 Å². The van der Waals surface area contributed by atoms with Crippen LogP contribution < -0.4 is 15.8 Å². The molecule has 0 fully saturated rings. The Morgan fingerprint density at radius 3 is 3.05 bits per heavy atom. The molecule has 0 spiro atoms. The van der Waals surface area contributed by atoms with Crippen molar-refractivity contribution in [2.75, 3.05) is 6.61 Å². The zero-order valence-electron chi connectivity index (χ0n) is 12.6. The van der Waals surface area contributed by atoms with Crippen molar-refractivity contribution in [1.29, 1.82) is 0 Å². The SMILES string of the molecule is CCCC(C)(N)C(=O)NC1CCCOc2c(F)cccc21. The largest absolute Gasteiger partial charge is 0.490 e. The van der Waals surface area contributed by atoms with Crippen LogP contribution in [0.5, 0.6) is 5.75 Å². The first kappa shape index (κ1) is 15.8. The summed E-state index contributed by atoms with van der Waals surface area (Å²) in [6.07, 6.45) is 2.91. The standard InChI is InChI=1S/C16H23FN2O2/c1-3-9-16(2,18)15(20)19-13-8-5-10-21-14-11(13)6-4-7-12(14)17/h4,6-7,13H,3,5,8-10,18H2,1-2H3,(H,19,20). The normalized spacial score (nSPS) is 20.7. The fourth-order valence-corrected chi connectivity index (χ4v) is 2.68. The Bertz CT molecular complexity index is 517. The molecule has 0 saturated carbocycles. The quantitative estimate of drug-likeness (QED) is 0.897. The fraction of sp³-hybridized carbons (Fsp3) is 0.562. The molecule has 2 unspecified atom stereocenters. The van der Waals surface area contributed by atoms with Crippen LogP contribution >= 0.6 is 0 Å². The van der Waals surface area contributed by atoms with Crippen LogP contribution in [0.3, 0.4) is 0 Å². The van der Waals surface area contributed by atoms with Gasteiger partial charge in [0.1, 0.15) is 0 Å². The highest BCUT2D eigenvalue weighted by molar-refractivity contribution is 5.86. The monoisotopic (exact) mass is 294 g/mol. The third-order valence-electron chi connectivity index (χ3n) is 3.85. The second-order valence-electron chi connectivity index (χ2n) is 5.84. The lowest BCUT2D eigenvalue weighted by Gasteiger charge is -2.27. The van der Waals surface area contributed by atoms with Gasteiger partial charge in [-0.1, -0.05) is 25.5 Å². The molecular formula is C16H23FN2O2. The van der Waals surface area contributed by atoms with Crippen molar-refractivity contribution in [1.82, 2.24) is 5.32 Å². The summed E-state index contributed by atoms with van der Waals surface area (Å²) in [4.78, 5) is 12.4. The Kier molecular flexibility index (Phi) is 4.83. The summed E-state index contributed by atoms with van der Waals surface area (Å²) < 4.78 is 19.3. The minimum absolute atomic E-state index is 0.202. The zero-order valence-corrected chi connectivity index (χ0v) is 12.6. The van der Waals surface area contributed by atoms with Crippen LogP contribution in [0.1, 0.15) is 51.1 Å². The van der Waals surface area contributed by atoms with Crippen molar-refractivity contribution in [3.8, 4) is 5.75 Å². The minimum Gasteiger partial charge on any atom is -0.490 e. The van der Waals surface area contributed by atoms with Crippen molar-refractivity contribution < 1.29 is 13.9 Å². The molecule has 1 aliphatic rings. The van der Waals surface area contributed by atoms with E-state index in [4.69, 9.17) is 10.5 Å². The Hall–Kier alpha value is -1.62. The Morgan fingerprint density at radius 1 is 1.57 bits per heavy atom. The molecule has 1 aromatic carbocycles. The number of hydrogen-bond acceptors (Lipinski definition) is 3. The van der Waals surface area contributed by atoms with E-state index in [1.54, 1.807) is 19.1 Å². The molecule has 0 bridgehead atoms. The summed E-state index contributed by atoms with van der Waals surface area (Å²) in [7, 11) is 0. The molecule has 3 N–H and O–H groups in total. The average molecular weight is 294 g/mol. The van der Waals surface area contributed by atoms with Gasteiger partial charge in [0, 0.05) is 5.56 Å². The van der Waals surface area contributed by atoms with Gasteiger partial charge in [0.25, 0.3) is 0 Å². The lowest BCUT2D eigenvalue weighted by atomic mass is 9.94. The maximum absolute atomic E-state index is 13.9. The number of ether oxygens (including phenoxy) is 1. The van der Waals surface area contributed by atoms with Gasteiger partial charge in [-0.3, -0.25) is 4.79 Å². The molecule has 2 rings (SSSR count). The molecule has 5 heteroatoms. The number of nitrogens with two attached hydrogens (primary N) is 1. The van der Waals surface area contributed by atoms with E-state index in [1.165, 1.54) is 6.07 Å². The number of carbonyl (C=O) groups is 1. The third kappa shape index (κ3) is 3.53. The first-order chi connectivity index (χ1) is 9.95. The van der Waals surface area contributed by atoms with Gasteiger partial charge in [-0.25, -0.2) is 4.39 Å². The Balaban J connectivity index is 2.21. The van der Waals surface area contributed by atoms with E-state index in [0.29, 0.717) is 25.0 Å². The van der Waals surface area contributed by atoms with Gasteiger partial charge in [0.15, 0.2) is 11.6 Å². The summed E-state index contributed by atoms with van der Waals surface area (Å²) in [6, 6.07) is 4.54. The van der Waals surface area contributed by atoms with E-state index in [2.05, 4.69) is 5.32 Å². The molecule has 116 valence electrons. The lowest BCUT2D eigenvalue weighted by Crippen LogP contribution is -2.52. The van der Waals surface area contributed by atoms with Crippen LogP contribution in [0.2, 0.25) is 0 Å². The number of halogens is 1. The van der Waals surface area contributed by atoms with Gasteiger partial charge in [0.2, 0.25) is 5.91 Å². The molecular weight excluding hydrogens is 271 g/mol. The second kappa shape index (κ2) is 6.43. The van der Waals surface area contributed by atoms with E-state index in [9.17, 15) is 9.18 Å². The third-order valence-corrected chi connectivity index (χ3v) is 3.85. The highest BCUT2D eigenvalue weighted by Gasteiger charge is 2.31. The van der Waals surface area contributed by atoms with Crippen LogP contribution in [0.15, 0.2) is 18.2 Å². The van der Waals surface area contributed by atoms with E-state index in [0.717, 1.165) is 12.8 Å². The number of benzene rings is 1. The number of amides is 1. The number of rotatable bonds is 4. The van der Waals surface area contributed by atoms with Crippen LogP contribution in [0.25, 0.3) is 0 Å². The van der Waals surface area contributed by atoms with Crippen molar-refractivity contribution in [3.63, 3.8) is 0 Å². The fourth-order valence-electron chi connectivity index (χ4n) is 2.68. The first-order valence-electron chi connectivity index (χ1n) is 7.46. The number of hydrogen-bond donors (Lipinski definition) is 2. The Labute approximate surface area is 124 Å². The number of carbonyl (C=O) groups excluding carboxylic acids is 1. The highest BCUT2D eigenvalue weighted by atomic mass is 19.1. The molecule has 2 atom stereocenters. The van der Waals surface area contributed by atoms with Gasteiger partial charge >= 0.3 is 0 Å². The zero-order chi connectivity index (χ0) is 15.5. The van der Waals surface area contributed by atoms with Crippen LogP contribution in [-0.2, 0) is 4.79 Å². The highest BCUT2D eigenvalue weighted by Crippen LogP contribution is 2.33. The van der Waals surface area contributed by atoms with Gasteiger partial charge in [-0.2, -0.15) is 0 Å². The van der Waals surface area contributed by atoms with Crippen LogP contribution in [-0.4, -0.2) is 18.1 Å². The summed E-state index contributed by atoms with van der Waals surface area (Å²) in [5.41, 5.74) is 5.84. The summed E-state index contributed by atoms with van der Waals surface area (Å²) in [5.74, 6) is -0.348. The minimum atomic E-state index is -0.907. The molecule has 0 aromatic heterocycles. The van der Waals surface area contributed by atoms with Crippen molar-refractivity contribution in [2.24, 2.45) is 5.73 Å².